The first kappa shape index (κ1) is 20.7. The lowest BCUT2D eigenvalue weighted by Crippen LogP contribution is -2.43. The smallest absolute Gasteiger partial charge is 0.411 e. The van der Waals surface area contributed by atoms with E-state index in [1.807, 2.05) is 12.1 Å². The molecule has 1 aromatic carbocycles. The highest BCUT2D eigenvalue weighted by atomic mass is 16.5. The summed E-state index contributed by atoms with van der Waals surface area (Å²) < 4.78 is 12.6. The van der Waals surface area contributed by atoms with E-state index >= 15 is 0 Å². The molecule has 0 aliphatic carbocycles. The molecule has 2 aliphatic heterocycles. The van der Waals surface area contributed by atoms with Gasteiger partial charge in [0, 0.05) is 24.3 Å². The van der Waals surface area contributed by atoms with Gasteiger partial charge in [-0.1, -0.05) is 0 Å². The van der Waals surface area contributed by atoms with Gasteiger partial charge in [-0.15, -0.1) is 0 Å². The van der Waals surface area contributed by atoms with Gasteiger partial charge in [-0.05, 0) is 44.0 Å². The summed E-state index contributed by atoms with van der Waals surface area (Å²) in [4.78, 5) is 23.6. The number of morpholine rings is 1. The number of carbonyl (C=O) groups is 1. The van der Waals surface area contributed by atoms with Gasteiger partial charge in [-0.2, -0.15) is 5.10 Å². The second-order valence-electron chi connectivity index (χ2n) is 7.98. The Balaban J connectivity index is 1.51. The molecular weight excluding hydrogens is 412 g/mol. The minimum atomic E-state index is -0.491. The Morgan fingerprint density at radius 1 is 1.22 bits per heavy atom. The lowest BCUT2D eigenvalue weighted by atomic mass is 10.2. The number of amides is 1. The van der Waals surface area contributed by atoms with Crippen LogP contribution in [0.5, 0.6) is 0 Å². The summed E-state index contributed by atoms with van der Waals surface area (Å²) in [6.07, 6.45) is 3.87. The van der Waals surface area contributed by atoms with E-state index in [2.05, 4.69) is 15.3 Å². The molecule has 2 N–H and O–H groups in total. The summed E-state index contributed by atoms with van der Waals surface area (Å²) in [5, 5.41) is 17.4. The molecule has 10 heteroatoms. The predicted molar refractivity (Wildman–Crippen MR) is 119 cm³/mol. The van der Waals surface area contributed by atoms with Crippen LogP contribution < -0.4 is 10.2 Å². The quantitative estimate of drug-likeness (QED) is 0.603. The molecule has 2 aromatic heterocycles. The Labute approximate surface area is 185 Å². The number of anilines is 2. The maximum Gasteiger partial charge on any atom is 0.411 e. The van der Waals surface area contributed by atoms with E-state index in [9.17, 15) is 9.90 Å². The molecule has 0 radical (unpaired) electrons. The number of hydrogen-bond acceptors (Lipinski definition) is 8. The number of aliphatic hydroxyl groups is 1. The van der Waals surface area contributed by atoms with Crippen molar-refractivity contribution in [3.63, 3.8) is 0 Å². The molecule has 32 heavy (non-hydrogen) atoms. The van der Waals surface area contributed by atoms with Crippen LogP contribution in [-0.4, -0.2) is 69.5 Å². The molecule has 2 atom stereocenters. The van der Waals surface area contributed by atoms with Gasteiger partial charge in [0.2, 0.25) is 0 Å². The van der Waals surface area contributed by atoms with E-state index in [4.69, 9.17) is 19.4 Å². The number of aliphatic hydroxyl groups excluding tert-OH is 1. The summed E-state index contributed by atoms with van der Waals surface area (Å²) in [5.74, 6) is 1.40. The van der Waals surface area contributed by atoms with E-state index in [1.54, 1.807) is 29.9 Å². The van der Waals surface area contributed by atoms with Crippen LogP contribution in [0.2, 0.25) is 0 Å². The molecule has 2 fully saturated rings. The fourth-order valence-corrected chi connectivity index (χ4v) is 4.34. The molecule has 0 spiro atoms. The molecule has 2 saturated heterocycles. The first-order valence-electron chi connectivity index (χ1n) is 10.9. The van der Waals surface area contributed by atoms with E-state index < -0.39 is 6.09 Å². The molecule has 0 saturated carbocycles. The van der Waals surface area contributed by atoms with Crippen LogP contribution in [-0.2, 0) is 16.0 Å². The van der Waals surface area contributed by atoms with Gasteiger partial charge < -0.3 is 19.5 Å². The molecule has 168 valence electrons. The number of benzene rings is 1. The standard InChI is InChI=1S/C22H26N6O4/c1-2-31-22(30)24-15-5-3-14(4-6-15)19-25-20(27-12-16-7-8-17(13-27)32-16)18-11-23-28(9-10-29)21(18)26-19/h3-6,11,16-17,29H,2,7-10,12-13H2,1H3,(H,24,30). The Kier molecular flexibility index (Phi) is 5.62. The Bertz CT molecular complexity index is 1100. The third-order valence-electron chi connectivity index (χ3n) is 5.80. The third kappa shape index (κ3) is 3.98. The minimum absolute atomic E-state index is 0.0264. The molecule has 10 nitrogen and oxygen atoms in total. The van der Waals surface area contributed by atoms with Crippen LogP contribution in [0.15, 0.2) is 30.5 Å². The zero-order valence-electron chi connectivity index (χ0n) is 17.9. The SMILES string of the molecule is CCOC(=O)Nc1ccc(-c2nc(N3CC4CCC(C3)O4)c3cnn(CCO)c3n2)cc1. The molecule has 1 amide bonds. The van der Waals surface area contributed by atoms with Crippen molar-refractivity contribution in [1.82, 2.24) is 19.7 Å². The molecule has 5 rings (SSSR count). The summed E-state index contributed by atoms with van der Waals surface area (Å²) >= 11 is 0. The van der Waals surface area contributed by atoms with Gasteiger partial charge in [0.1, 0.15) is 5.82 Å². The topological polar surface area (TPSA) is 115 Å². The van der Waals surface area contributed by atoms with Crippen LogP contribution in [0.25, 0.3) is 22.4 Å². The van der Waals surface area contributed by atoms with Crippen molar-refractivity contribution in [2.75, 3.05) is 36.5 Å². The fourth-order valence-electron chi connectivity index (χ4n) is 4.34. The molecule has 2 bridgehead atoms. The van der Waals surface area contributed by atoms with Crippen molar-refractivity contribution in [3.8, 4) is 11.4 Å². The van der Waals surface area contributed by atoms with Gasteiger partial charge in [0.25, 0.3) is 0 Å². The van der Waals surface area contributed by atoms with Crippen LogP contribution >= 0.6 is 0 Å². The number of ether oxygens (including phenoxy) is 2. The molecule has 4 heterocycles. The predicted octanol–water partition coefficient (Wildman–Crippen LogP) is 2.42. The van der Waals surface area contributed by atoms with E-state index in [0.717, 1.165) is 42.7 Å². The van der Waals surface area contributed by atoms with Crippen LogP contribution in [0.4, 0.5) is 16.3 Å². The normalized spacial score (nSPS) is 20.0. The largest absolute Gasteiger partial charge is 0.450 e. The first-order chi connectivity index (χ1) is 15.6. The zero-order chi connectivity index (χ0) is 22.1. The van der Waals surface area contributed by atoms with Crippen LogP contribution in [0.3, 0.4) is 0 Å². The van der Waals surface area contributed by atoms with E-state index in [1.165, 1.54) is 0 Å². The molecular formula is C22H26N6O4. The fraction of sp³-hybridized carbons (Fsp3) is 0.455. The maximum absolute atomic E-state index is 11.7. The van der Waals surface area contributed by atoms with Crippen molar-refractivity contribution in [2.24, 2.45) is 0 Å². The Morgan fingerprint density at radius 2 is 1.97 bits per heavy atom. The van der Waals surface area contributed by atoms with Crippen molar-refractivity contribution in [1.29, 1.82) is 0 Å². The second-order valence-corrected chi connectivity index (χ2v) is 7.98. The summed E-state index contributed by atoms with van der Waals surface area (Å²) in [7, 11) is 0. The third-order valence-corrected chi connectivity index (χ3v) is 5.80. The highest BCUT2D eigenvalue weighted by Crippen LogP contribution is 2.33. The lowest BCUT2D eigenvalue weighted by molar-refractivity contribution is 0.0303. The zero-order valence-corrected chi connectivity index (χ0v) is 17.9. The molecule has 2 unspecified atom stereocenters. The van der Waals surface area contributed by atoms with Crippen LogP contribution in [0, 0.1) is 0 Å². The second kappa shape index (κ2) is 8.71. The number of nitrogens with zero attached hydrogens (tertiary/aromatic N) is 5. The maximum atomic E-state index is 11.7. The number of fused-ring (bicyclic) bond motifs is 3. The monoisotopic (exact) mass is 438 g/mol. The van der Waals surface area contributed by atoms with Gasteiger partial charge >= 0.3 is 6.09 Å². The highest BCUT2D eigenvalue weighted by Gasteiger charge is 2.35. The highest BCUT2D eigenvalue weighted by molar-refractivity contribution is 5.89. The minimum Gasteiger partial charge on any atom is -0.450 e. The first-order valence-corrected chi connectivity index (χ1v) is 10.9. The van der Waals surface area contributed by atoms with Gasteiger partial charge in [0.15, 0.2) is 11.5 Å². The number of aromatic nitrogens is 4. The van der Waals surface area contributed by atoms with Gasteiger partial charge in [-0.25, -0.2) is 19.4 Å². The van der Waals surface area contributed by atoms with Crippen molar-refractivity contribution < 1.29 is 19.4 Å². The van der Waals surface area contributed by atoms with Crippen molar-refractivity contribution in [3.05, 3.63) is 30.5 Å². The van der Waals surface area contributed by atoms with Gasteiger partial charge in [-0.3, -0.25) is 5.32 Å². The summed E-state index contributed by atoms with van der Waals surface area (Å²) in [5.41, 5.74) is 2.13. The van der Waals surface area contributed by atoms with Crippen LogP contribution in [0.1, 0.15) is 19.8 Å². The number of rotatable bonds is 6. The number of hydrogen-bond donors (Lipinski definition) is 2. The lowest BCUT2D eigenvalue weighted by Gasteiger charge is -2.33. The number of nitrogens with one attached hydrogen (secondary N) is 1. The molecule has 3 aromatic rings. The average molecular weight is 438 g/mol. The average Bonchev–Trinajstić information content (AvgIpc) is 3.36. The summed E-state index contributed by atoms with van der Waals surface area (Å²) in [6, 6.07) is 7.31. The van der Waals surface area contributed by atoms with Crippen molar-refractivity contribution in [2.45, 2.75) is 38.5 Å². The summed E-state index contributed by atoms with van der Waals surface area (Å²) in [6.45, 7) is 3.98. The van der Waals surface area contributed by atoms with E-state index in [-0.39, 0.29) is 18.8 Å². The Hall–Kier alpha value is -3.24. The molecule has 2 aliphatic rings. The Morgan fingerprint density at radius 3 is 2.66 bits per heavy atom. The van der Waals surface area contributed by atoms with Crippen molar-refractivity contribution >= 4 is 28.6 Å². The number of carbonyl (C=O) groups excluding carboxylic acids is 1. The van der Waals surface area contributed by atoms with E-state index in [0.29, 0.717) is 30.3 Å². The van der Waals surface area contributed by atoms with Gasteiger partial charge in [0.05, 0.1) is 43.5 Å².